The van der Waals surface area contributed by atoms with Crippen LogP contribution in [-0.2, 0) is 60.9 Å². The fourth-order valence-electron chi connectivity index (χ4n) is 26.6. The van der Waals surface area contributed by atoms with Gasteiger partial charge in [-0.2, -0.15) is 0 Å². The van der Waals surface area contributed by atoms with Crippen molar-refractivity contribution in [2.45, 2.75) is 414 Å². The molecule has 6 aliphatic carbocycles. The van der Waals surface area contributed by atoms with E-state index in [1.807, 2.05) is 36.4 Å². The Bertz CT molecular complexity index is 5490. The molecule has 14 heteroatoms. The largest absolute Gasteiger partial charge is 0.508 e. The zero-order chi connectivity index (χ0) is 98.5. The third-order valence-corrected chi connectivity index (χ3v) is 33.7. The van der Waals surface area contributed by atoms with E-state index in [2.05, 4.69) is 236 Å². The van der Waals surface area contributed by atoms with Crippen LogP contribution in [0.3, 0.4) is 0 Å². The summed E-state index contributed by atoms with van der Waals surface area (Å²) in [7, 11) is 0. The summed E-state index contributed by atoms with van der Waals surface area (Å²) in [5.41, 5.74) is 21.3. The second-order valence-corrected chi connectivity index (χ2v) is 45.4. The molecule has 0 saturated heterocycles. The van der Waals surface area contributed by atoms with Crippen molar-refractivity contribution in [3.8, 4) is 63.2 Å². The molecule has 740 valence electrons. The molecule has 19 rings (SSSR count). The molecular formula is C122H168O12S2. The molecule has 5 unspecified atom stereocenters. The van der Waals surface area contributed by atoms with Gasteiger partial charge in [-0.1, -0.05) is 201 Å². The number of rotatable bonds is 25. The molecule has 8 aromatic rings. The molecule has 6 fully saturated rings. The van der Waals surface area contributed by atoms with Gasteiger partial charge in [0.05, 0.1) is 5.39 Å². The number of allylic oxidation sites excluding steroid dienone is 4. The van der Waals surface area contributed by atoms with E-state index in [0.29, 0.717) is 99.6 Å². The maximum absolute atomic E-state index is 10.7. The maximum atomic E-state index is 10.7. The lowest BCUT2D eigenvalue weighted by atomic mass is 9.45. The topological polar surface area (TPSA) is 181 Å². The first kappa shape index (κ1) is 105. The highest BCUT2D eigenvalue weighted by molar-refractivity contribution is 8.07. The average molecular weight is 1890 g/mol. The molecule has 17 atom stereocenters. The van der Waals surface area contributed by atoms with Crippen LogP contribution in [-0.4, -0.2) is 59.1 Å². The third-order valence-electron chi connectivity index (χ3n) is 33.7. The van der Waals surface area contributed by atoms with Crippen molar-refractivity contribution >= 4 is 44.3 Å². The zero-order valence-electron chi connectivity index (χ0n) is 86.8. The van der Waals surface area contributed by atoms with Crippen LogP contribution in [0.2, 0.25) is 0 Å². The summed E-state index contributed by atoms with van der Waals surface area (Å²) in [5, 5.41) is 65.8. The van der Waals surface area contributed by atoms with E-state index in [-0.39, 0.29) is 39.8 Å². The number of furan rings is 1. The van der Waals surface area contributed by atoms with Gasteiger partial charge in [0.2, 0.25) is 0 Å². The quantitative estimate of drug-likeness (QED) is 0.0235. The second-order valence-electron chi connectivity index (χ2n) is 45.4. The lowest BCUT2D eigenvalue weighted by Crippen LogP contribution is -2.59. The Hall–Kier alpha value is -8.46. The van der Waals surface area contributed by atoms with Gasteiger partial charge in [0.25, 0.3) is 0 Å². The number of phenolic OH excluding ortho intramolecular Hbond substituents is 6. The molecular weight excluding hydrogens is 1720 g/mol. The summed E-state index contributed by atoms with van der Waals surface area (Å²) in [5.74, 6) is 13.0. The first-order valence-electron chi connectivity index (χ1n) is 52.9. The minimum absolute atomic E-state index is 0.0215. The van der Waals surface area contributed by atoms with Crippen LogP contribution in [0.15, 0.2) is 138 Å². The molecule has 12 nitrogen and oxygen atoms in total. The Labute approximate surface area is 827 Å². The third kappa shape index (κ3) is 22.1. The first-order chi connectivity index (χ1) is 64.7. The Morgan fingerprint density at radius 2 is 0.772 bits per heavy atom. The summed E-state index contributed by atoms with van der Waals surface area (Å²) in [6.07, 6.45) is 37.1. The Balaban J connectivity index is 0.000000138. The number of phenols is 6. The van der Waals surface area contributed by atoms with Gasteiger partial charge in [0.1, 0.15) is 103 Å². The molecule has 7 aromatic carbocycles. The van der Waals surface area contributed by atoms with E-state index in [9.17, 15) is 30.6 Å². The molecule has 6 bridgehead atoms. The number of benzene rings is 7. The molecule has 136 heavy (non-hydrogen) atoms. The normalized spacial score (nSPS) is 27.3. The minimum Gasteiger partial charge on any atom is -0.508 e. The molecule has 5 aliphatic heterocycles. The predicted octanol–water partition coefficient (Wildman–Crippen LogP) is 33.1. The maximum Gasteiger partial charge on any atom is 0.139 e. The lowest BCUT2D eigenvalue weighted by Gasteiger charge is -2.62. The average Bonchev–Trinajstić information content (AvgIpc) is 1.48. The van der Waals surface area contributed by atoms with Gasteiger partial charge >= 0.3 is 0 Å². The SMILES string of the molecule is C=C(C)C1CCC(C)C2Oc3cc(CCCCC)cc(O)c3C12.C=C(C)[C@@H]1CCC2(C)C[C@H]1c1c(O)cc(CCC)cc1O2.C=C(C)[C@@H]1CC[C@]2(C)C[C@H]1c1c(O)cc(CCC)cc1O2.C=C(C)[C@@H]1CC[C@]2(C)C[C@H]1c1c(O)cc(CCCCC)cc1O2.CCCCCc1cc(O)c2c(c1)O[C@]1(C)CC[C@H]3[C@@H]1[C@@H]2C3(C)C.CCCCCc1cc(O)c2c(c1)oc1c(C)ccc(C(C)C)c12.S=S. The number of fused-ring (bicyclic) bond motifs is 20. The van der Waals surface area contributed by atoms with Crippen LogP contribution in [0.1, 0.15) is 413 Å². The molecule has 11 aliphatic rings. The Morgan fingerprint density at radius 1 is 0.404 bits per heavy atom. The second kappa shape index (κ2) is 44.1. The standard InChI is InChI=1S/3C21H30O2.C21H26O2.2C19H26O2.S2/c1-5-6-7-8-13-11-15(22)17-16(12-13)23-21(4)10-9-14-18(21)19(17)20(14,2)3;1-5-6-7-8-15-11-18(22)20-17-13-21(4,23-19(20)12-15)10-9-16(17)14(2)3;2*1-5-6-7-8-15-11-17(22)20-18(12-15)23-21-14(4)9-10-16(13(2)3)19(20)21;2*1-5-6-13-9-16(20)18-15-11-19(4,21-17(18)10-13)8-7-14(15)12(2)3;1-2/h11-12,14,18-19,22H,5-10H2,1-4H3;11-12,16-17,22H,2,5-10,13H2,1,3-4H3;11-12,14,16,19,21-22H,2,5-10H2,1,3-4H3;9-13,22H,5-8H2,1-4H3;2*9-10,14-15,20H,2,5-8,11H2,1,3-4H3;/t14-,18+,19+,21+;16-,17+,21+;;;14-,15+,19?;14-,15+,19+;/m00..00./s1. The van der Waals surface area contributed by atoms with Crippen LogP contribution >= 0.6 is 0 Å². The van der Waals surface area contributed by atoms with Crippen molar-refractivity contribution in [3.05, 3.63) is 206 Å². The summed E-state index contributed by atoms with van der Waals surface area (Å²) in [6, 6.07) is 28.9. The highest BCUT2D eigenvalue weighted by Gasteiger charge is 2.70. The van der Waals surface area contributed by atoms with Crippen LogP contribution in [0, 0.1) is 53.8 Å². The van der Waals surface area contributed by atoms with Gasteiger partial charge < -0.3 is 58.7 Å². The smallest absolute Gasteiger partial charge is 0.139 e. The number of hydrogen-bond donors (Lipinski definition) is 6. The summed E-state index contributed by atoms with van der Waals surface area (Å²) in [6.45, 7) is 60.8. The van der Waals surface area contributed by atoms with E-state index in [0.717, 1.165) is 224 Å². The summed E-state index contributed by atoms with van der Waals surface area (Å²) in [4.78, 5) is 0. The van der Waals surface area contributed by atoms with Gasteiger partial charge in [0, 0.05) is 91.1 Å². The Morgan fingerprint density at radius 3 is 1.16 bits per heavy atom. The van der Waals surface area contributed by atoms with Crippen LogP contribution in [0.4, 0.5) is 0 Å². The number of hydrogen-bond acceptors (Lipinski definition) is 14. The van der Waals surface area contributed by atoms with Gasteiger partial charge in [-0.3, -0.25) is 0 Å². The van der Waals surface area contributed by atoms with E-state index in [1.165, 1.54) is 139 Å². The van der Waals surface area contributed by atoms with Gasteiger partial charge in [-0.15, -0.1) is 0 Å². The summed E-state index contributed by atoms with van der Waals surface area (Å²) < 4.78 is 37.9. The number of aromatic hydroxyl groups is 6. The van der Waals surface area contributed by atoms with Crippen molar-refractivity contribution in [1.82, 2.24) is 0 Å². The van der Waals surface area contributed by atoms with E-state index in [1.54, 1.807) is 0 Å². The van der Waals surface area contributed by atoms with Gasteiger partial charge in [-0.05, 0) is 374 Å². The monoisotopic (exact) mass is 1890 g/mol. The van der Waals surface area contributed by atoms with Crippen molar-refractivity contribution in [2.24, 2.45) is 46.8 Å². The van der Waals surface area contributed by atoms with Crippen LogP contribution < -0.4 is 23.7 Å². The molecule has 0 amide bonds. The molecule has 6 N–H and O–H groups in total. The predicted molar refractivity (Wildman–Crippen MR) is 568 cm³/mol. The van der Waals surface area contributed by atoms with Crippen molar-refractivity contribution in [1.29, 1.82) is 0 Å². The molecule has 6 heterocycles. The van der Waals surface area contributed by atoms with Gasteiger partial charge in [-0.25, -0.2) is 0 Å². The lowest BCUT2D eigenvalue weighted by molar-refractivity contribution is -0.121. The van der Waals surface area contributed by atoms with Gasteiger partial charge in [0.15, 0.2) is 0 Å². The molecule has 6 saturated carbocycles. The van der Waals surface area contributed by atoms with Crippen LogP contribution in [0.5, 0.6) is 63.2 Å². The highest BCUT2D eigenvalue weighted by Crippen LogP contribution is 2.75. The van der Waals surface area contributed by atoms with Crippen molar-refractivity contribution < 1.29 is 58.7 Å². The number of aryl methyl sites for hydroxylation is 7. The molecule has 0 spiro atoms. The fraction of sp³-hybridized carbons (Fsp3) is 0.590. The zero-order valence-corrected chi connectivity index (χ0v) is 88.4. The van der Waals surface area contributed by atoms with E-state index >= 15 is 0 Å². The fourth-order valence-corrected chi connectivity index (χ4v) is 26.6. The molecule has 0 radical (unpaired) electrons. The van der Waals surface area contributed by atoms with E-state index < -0.39 is 0 Å². The first-order valence-corrected chi connectivity index (χ1v) is 54.2. The van der Waals surface area contributed by atoms with Crippen molar-refractivity contribution in [3.63, 3.8) is 0 Å². The molecule has 1 aromatic heterocycles. The summed E-state index contributed by atoms with van der Waals surface area (Å²) >= 11 is 7.33. The minimum atomic E-state index is -0.0852. The van der Waals surface area contributed by atoms with E-state index in [4.69, 9.17) is 28.1 Å². The van der Waals surface area contributed by atoms with Crippen molar-refractivity contribution in [2.75, 3.05) is 0 Å². The van der Waals surface area contributed by atoms with Crippen LogP contribution in [0.25, 0.3) is 21.9 Å². The number of ether oxygens (including phenoxy) is 5. The Kier molecular flexibility index (Phi) is 34.0. The number of unbranched alkanes of at least 4 members (excludes halogenated alkanes) is 8. The highest BCUT2D eigenvalue weighted by atomic mass is 32.8.